The Labute approximate surface area is 283 Å². The van der Waals surface area contributed by atoms with E-state index in [2.05, 4.69) is 81.9 Å². The lowest BCUT2D eigenvalue weighted by molar-refractivity contribution is -0.118. The highest BCUT2D eigenvalue weighted by atomic mass is 16.2. The third-order valence-electron chi connectivity index (χ3n) is 11.9. The molecule has 0 unspecified atom stereocenters. The normalized spacial score (nSPS) is 22.8. The summed E-state index contributed by atoms with van der Waals surface area (Å²) in [5.41, 5.74) is 12.8. The van der Waals surface area contributed by atoms with Gasteiger partial charge < -0.3 is 21.3 Å². The Balaban J connectivity index is 0.892. The minimum Gasteiger partial charge on any atom is -0.325 e. The van der Waals surface area contributed by atoms with Crippen LogP contribution in [0.4, 0.5) is 11.4 Å². The lowest BCUT2D eigenvalue weighted by Crippen LogP contribution is -2.35. The quantitative estimate of drug-likeness (QED) is 0.183. The average Bonchev–Trinajstić information content (AvgIpc) is 3.94. The third kappa shape index (κ3) is 5.97. The molecule has 244 valence electrons. The zero-order chi connectivity index (χ0) is 32.3. The van der Waals surface area contributed by atoms with E-state index in [1.807, 2.05) is 24.3 Å². The van der Waals surface area contributed by atoms with E-state index in [0.717, 1.165) is 63.0 Å². The summed E-state index contributed by atoms with van der Waals surface area (Å²) in [7, 11) is 0. The van der Waals surface area contributed by atoms with Crippen molar-refractivity contribution < 1.29 is 9.59 Å². The molecule has 48 heavy (non-hydrogen) atoms. The molecule has 4 N–H and O–H groups in total. The van der Waals surface area contributed by atoms with Crippen LogP contribution >= 0.6 is 0 Å². The molecule has 4 bridgehead atoms. The van der Waals surface area contributed by atoms with E-state index < -0.39 is 0 Å². The lowest BCUT2D eigenvalue weighted by Gasteiger charge is -2.18. The fraction of sp³-hybridized carbons (Fsp3) is 0.381. The Bertz CT molecular complexity index is 1750. The maximum atomic E-state index is 12.9. The first-order valence-electron chi connectivity index (χ1n) is 17.9. The Morgan fingerprint density at radius 3 is 1.33 bits per heavy atom. The molecule has 0 radical (unpaired) electrons. The van der Waals surface area contributed by atoms with Gasteiger partial charge in [-0.15, -0.1) is 0 Å². The minimum atomic E-state index is -0.0794. The molecule has 4 fully saturated rings. The number of carbonyl (C=O) groups is 2. The van der Waals surface area contributed by atoms with Crippen molar-refractivity contribution in [1.82, 2.24) is 10.6 Å². The van der Waals surface area contributed by atoms with Gasteiger partial charge in [0.05, 0.1) is 12.1 Å². The molecule has 4 aromatic rings. The highest BCUT2D eigenvalue weighted by Gasteiger charge is 2.50. The second-order valence-corrected chi connectivity index (χ2v) is 15.4. The molecule has 2 saturated heterocycles. The van der Waals surface area contributed by atoms with Crippen LogP contribution in [0.25, 0.3) is 22.3 Å². The Kier molecular flexibility index (Phi) is 7.28. The van der Waals surface area contributed by atoms with Gasteiger partial charge in [-0.3, -0.25) is 9.59 Å². The lowest BCUT2D eigenvalue weighted by atomic mass is 9.87. The molecular formula is C42H44N4O2. The van der Waals surface area contributed by atoms with Crippen LogP contribution in [0, 0.1) is 10.8 Å². The number of aryl methyl sites for hydroxylation is 4. The minimum absolute atomic E-state index is 0.0794. The standard InChI is InChI=1S/C42H44N4O2/c47-39(37-23-41(17-18-41)25-43-37)45-33-13-9-31(10-14-33)35-21-27-1-5-29(35)8-4-28-2-6-30(7-3-27)36(22-28)32-11-15-34(16-12-32)46-40(48)38-24-42(19-20-42)26-44-38/h1-2,5-6,9-16,21-22,37-38,43-44H,3-4,7-8,17-20,23-26H2,(H,45,47)(H,46,48)/t37-,38-/m0/s1. The molecule has 2 saturated carbocycles. The molecular weight excluding hydrogens is 592 g/mol. The molecule has 6 heteroatoms. The second kappa shape index (κ2) is 11.7. The summed E-state index contributed by atoms with van der Waals surface area (Å²) in [5.74, 6) is 0.166. The van der Waals surface area contributed by atoms with Crippen molar-refractivity contribution in [2.45, 2.75) is 76.3 Å². The number of hydrogen-bond acceptors (Lipinski definition) is 4. The summed E-state index contributed by atoms with van der Waals surface area (Å²) in [4.78, 5) is 25.8. The molecule has 6 nitrogen and oxygen atoms in total. The van der Waals surface area contributed by atoms with E-state index in [4.69, 9.17) is 0 Å². The molecule has 2 spiro atoms. The largest absolute Gasteiger partial charge is 0.325 e. The number of hydrogen-bond donors (Lipinski definition) is 4. The second-order valence-electron chi connectivity index (χ2n) is 15.4. The summed E-state index contributed by atoms with van der Waals surface area (Å²) in [6.07, 6.45) is 10.7. The van der Waals surface area contributed by atoms with Gasteiger partial charge in [0.25, 0.3) is 0 Å². The monoisotopic (exact) mass is 636 g/mol. The van der Waals surface area contributed by atoms with Crippen LogP contribution < -0.4 is 21.3 Å². The van der Waals surface area contributed by atoms with Gasteiger partial charge in [0.2, 0.25) is 11.8 Å². The van der Waals surface area contributed by atoms with Gasteiger partial charge >= 0.3 is 0 Å². The van der Waals surface area contributed by atoms with Crippen LogP contribution in [0.1, 0.15) is 60.8 Å². The molecule has 2 amide bonds. The number of carbonyl (C=O) groups excluding carboxylic acids is 2. The molecule has 2 heterocycles. The van der Waals surface area contributed by atoms with Gasteiger partial charge in [-0.25, -0.2) is 0 Å². The van der Waals surface area contributed by atoms with Crippen molar-refractivity contribution in [3.05, 3.63) is 107 Å². The van der Waals surface area contributed by atoms with Gasteiger partial charge in [-0.1, -0.05) is 60.7 Å². The SMILES string of the molecule is O=C(Nc1ccc(-c2cc3ccc2CCc2ccc(c(-c4ccc(NC(=O)[C@@H]5CC6(CC6)CN5)cc4)c2)CC3)cc1)[C@@H]1CC2(CC2)CN1. The highest BCUT2D eigenvalue weighted by molar-refractivity contribution is 5.96. The van der Waals surface area contributed by atoms with E-state index in [-0.39, 0.29) is 23.9 Å². The van der Waals surface area contributed by atoms with Crippen molar-refractivity contribution in [2.24, 2.45) is 10.8 Å². The van der Waals surface area contributed by atoms with Crippen LogP contribution in [0.2, 0.25) is 0 Å². The predicted molar refractivity (Wildman–Crippen MR) is 192 cm³/mol. The molecule has 2 aliphatic heterocycles. The fourth-order valence-electron chi connectivity index (χ4n) is 8.33. The van der Waals surface area contributed by atoms with Crippen molar-refractivity contribution >= 4 is 23.2 Å². The number of benzene rings is 4. The van der Waals surface area contributed by atoms with E-state index >= 15 is 0 Å². The Hall–Kier alpha value is -4.26. The topological polar surface area (TPSA) is 82.3 Å². The van der Waals surface area contributed by atoms with Crippen LogP contribution in [0.3, 0.4) is 0 Å². The summed E-state index contributed by atoms with van der Waals surface area (Å²) in [5, 5.41) is 13.1. The third-order valence-corrected chi connectivity index (χ3v) is 11.9. The fourth-order valence-corrected chi connectivity index (χ4v) is 8.33. The smallest absolute Gasteiger partial charge is 0.241 e. The molecule has 6 aliphatic carbocycles. The van der Waals surface area contributed by atoms with Gasteiger partial charge in [0.1, 0.15) is 0 Å². The van der Waals surface area contributed by atoms with E-state index in [1.54, 1.807) is 0 Å². The van der Waals surface area contributed by atoms with Crippen LogP contribution in [-0.2, 0) is 35.3 Å². The van der Waals surface area contributed by atoms with Crippen LogP contribution in [0.5, 0.6) is 0 Å². The van der Waals surface area contributed by atoms with E-state index in [1.165, 1.54) is 70.2 Å². The van der Waals surface area contributed by atoms with E-state index in [9.17, 15) is 9.59 Å². The van der Waals surface area contributed by atoms with Crippen molar-refractivity contribution in [2.75, 3.05) is 23.7 Å². The van der Waals surface area contributed by atoms with Gasteiger partial charge in [-0.05, 0) is 144 Å². The molecule has 12 rings (SSSR count). The molecule has 2 atom stereocenters. The van der Waals surface area contributed by atoms with Crippen LogP contribution in [-0.4, -0.2) is 37.0 Å². The summed E-state index contributed by atoms with van der Waals surface area (Å²) >= 11 is 0. The molecule has 8 aliphatic rings. The first-order valence-corrected chi connectivity index (χ1v) is 17.9. The number of rotatable bonds is 6. The maximum absolute atomic E-state index is 12.9. The average molecular weight is 637 g/mol. The van der Waals surface area contributed by atoms with Crippen molar-refractivity contribution in [3.63, 3.8) is 0 Å². The van der Waals surface area contributed by atoms with Gasteiger partial charge in [0, 0.05) is 24.5 Å². The highest BCUT2D eigenvalue weighted by Crippen LogP contribution is 2.52. The zero-order valence-corrected chi connectivity index (χ0v) is 27.5. The molecule has 0 aromatic heterocycles. The van der Waals surface area contributed by atoms with Crippen molar-refractivity contribution in [3.8, 4) is 22.3 Å². The zero-order valence-electron chi connectivity index (χ0n) is 27.5. The number of nitrogens with one attached hydrogen (secondary N) is 4. The summed E-state index contributed by atoms with van der Waals surface area (Å²) in [6.45, 7) is 1.95. The predicted octanol–water partition coefficient (Wildman–Crippen LogP) is 7.07. The Morgan fingerprint density at radius 2 is 0.958 bits per heavy atom. The summed E-state index contributed by atoms with van der Waals surface area (Å²) in [6, 6.07) is 30.6. The van der Waals surface area contributed by atoms with Gasteiger partial charge in [0.15, 0.2) is 0 Å². The first kappa shape index (κ1) is 29.8. The van der Waals surface area contributed by atoms with Gasteiger partial charge in [-0.2, -0.15) is 0 Å². The van der Waals surface area contributed by atoms with Crippen LogP contribution in [0.15, 0.2) is 84.9 Å². The van der Waals surface area contributed by atoms with Crippen molar-refractivity contribution in [1.29, 1.82) is 0 Å². The Morgan fingerprint density at radius 1 is 0.542 bits per heavy atom. The maximum Gasteiger partial charge on any atom is 0.241 e. The number of anilines is 2. The van der Waals surface area contributed by atoms with E-state index in [0.29, 0.717) is 10.8 Å². The molecule has 4 aromatic carbocycles. The first-order chi connectivity index (χ1) is 23.4. The summed E-state index contributed by atoms with van der Waals surface area (Å²) < 4.78 is 0. The number of amides is 2.